The predicted molar refractivity (Wildman–Crippen MR) is 119 cm³/mol. The summed E-state index contributed by atoms with van der Waals surface area (Å²) in [6.45, 7) is 5.34. The third-order valence-electron chi connectivity index (χ3n) is 5.59. The number of pyridine rings is 1. The second-order valence-electron chi connectivity index (χ2n) is 7.45. The number of ether oxygens (including phenoxy) is 1. The van der Waals surface area contributed by atoms with Crippen LogP contribution in [0.5, 0.6) is 0 Å². The van der Waals surface area contributed by atoms with Crippen LogP contribution in [-0.4, -0.2) is 39.8 Å². The quantitative estimate of drug-likeness (QED) is 0.600. The van der Waals surface area contributed by atoms with Crippen LogP contribution in [0.15, 0.2) is 54.7 Å². The van der Waals surface area contributed by atoms with Gasteiger partial charge >= 0.3 is 0 Å². The maximum Gasteiger partial charge on any atom is 0.170 e. The summed E-state index contributed by atoms with van der Waals surface area (Å²) in [5.41, 5.74) is 4.97. The van der Waals surface area contributed by atoms with Crippen LogP contribution in [0.25, 0.3) is 5.69 Å². The minimum Gasteiger partial charge on any atom is -0.383 e. The fourth-order valence-corrected chi connectivity index (χ4v) is 4.61. The second kappa shape index (κ2) is 8.53. The van der Waals surface area contributed by atoms with Gasteiger partial charge in [0.1, 0.15) is 5.82 Å². The molecule has 1 fully saturated rings. The van der Waals surface area contributed by atoms with Crippen molar-refractivity contribution in [2.45, 2.75) is 25.9 Å². The molecule has 0 spiro atoms. The highest BCUT2D eigenvalue weighted by Crippen LogP contribution is 2.41. The number of aryl methyl sites for hydroxylation is 1. The monoisotopic (exact) mass is 424 g/mol. The van der Waals surface area contributed by atoms with Gasteiger partial charge < -0.3 is 19.5 Å². The van der Waals surface area contributed by atoms with E-state index in [2.05, 4.69) is 32.8 Å². The van der Waals surface area contributed by atoms with E-state index in [1.807, 2.05) is 31.2 Å². The topological polar surface area (TPSA) is 42.3 Å². The summed E-state index contributed by atoms with van der Waals surface area (Å²) in [4.78, 5) is 6.74. The van der Waals surface area contributed by atoms with Crippen LogP contribution in [0.2, 0.25) is 0 Å². The van der Waals surface area contributed by atoms with E-state index in [4.69, 9.17) is 17.0 Å². The maximum atomic E-state index is 13.9. The van der Waals surface area contributed by atoms with Gasteiger partial charge in [0.15, 0.2) is 5.11 Å². The van der Waals surface area contributed by atoms with Crippen LogP contribution in [-0.2, 0) is 4.74 Å². The summed E-state index contributed by atoms with van der Waals surface area (Å²) in [6.07, 6.45) is 1.80. The summed E-state index contributed by atoms with van der Waals surface area (Å²) in [6, 6.07) is 14.6. The lowest BCUT2D eigenvalue weighted by molar-refractivity contribution is 0.164. The highest BCUT2D eigenvalue weighted by Gasteiger charge is 2.41. The predicted octanol–water partition coefficient (Wildman–Crippen LogP) is 4.25. The minimum atomic E-state index is -0.252. The normalized spacial score (nSPS) is 18.7. The van der Waals surface area contributed by atoms with Gasteiger partial charge in [-0.25, -0.2) is 4.39 Å². The first-order chi connectivity index (χ1) is 14.5. The van der Waals surface area contributed by atoms with Crippen molar-refractivity contribution in [3.8, 4) is 5.69 Å². The largest absolute Gasteiger partial charge is 0.383 e. The van der Waals surface area contributed by atoms with Gasteiger partial charge in [0, 0.05) is 36.9 Å². The Morgan fingerprint density at radius 3 is 2.70 bits per heavy atom. The van der Waals surface area contributed by atoms with Gasteiger partial charge in [-0.1, -0.05) is 12.1 Å². The number of methoxy groups -OCH3 is 1. The van der Waals surface area contributed by atoms with E-state index >= 15 is 0 Å². The molecule has 7 heteroatoms. The van der Waals surface area contributed by atoms with Crippen LogP contribution in [0.1, 0.15) is 34.7 Å². The molecule has 0 amide bonds. The van der Waals surface area contributed by atoms with Crippen molar-refractivity contribution in [1.29, 1.82) is 0 Å². The first-order valence-corrected chi connectivity index (χ1v) is 10.3. The Balaban J connectivity index is 1.82. The van der Waals surface area contributed by atoms with Crippen molar-refractivity contribution in [2.75, 3.05) is 20.3 Å². The van der Waals surface area contributed by atoms with Gasteiger partial charge in [-0.3, -0.25) is 4.98 Å². The number of hydrogen-bond acceptors (Lipinski definition) is 3. The molecule has 30 heavy (non-hydrogen) atoms. The Morgan fingerprint density at radius 2 is 2.00 bits per heavy atom. The van der Waals surface area contributed by atoms with Gasteiger partial charge in [-0.2, -0.15) is 0 Å². The Kier molecular flexibility index (Phi) is 5.83. The van der Waals surface area contributed by atoms with Gasteiger partial charge in [0.05, 0.1) is 24.4 Å². The van der Waals surface area contributed by atoms with E-state index in [0.29, 0.717) is 18.3 Å². The second-order valence-corrected chi connectivity index (χ2v) is 7.84. The molecule has 3 aromatic rings. The number of rotatable bonds is 6. The number of aromatic nitrogens is 2. The highest BCUT2D eigenvalue weighted by atomic mass is 32.1. The average molecular weight is 425 g/mol. The maximum absolute atomic E-state index is 13.9. The summed E-state index contributed by atoms with van der Waals surface area (Å²) in [5.74, 6) is -0.252. The average Bonchev–Trinajstić information content (AvgIpc) is 3.22. The van der Waals surface area contributed by atoms with Crippen molar-refractivity contribution in [2.24, 2.45) is 0 Å². The molecule has 1 aliphatic heterocycles. The molecule has 1 aliphatic rings. The summed E-state index contributed by atoms with van der Waals surface area (Å²) >= 11 is 5.68. The van der Waals surface area contributed by atoms with Crippen LogP contribution < -0.4 is 5.32 Å². The third-order valence-corrected chi connectivity index (χ3v) is 5.94. The van der Waals surface area contributed by atoms with E-state index in [-0.39, 0.29) is 17.9 Å². The standard InChI is InChI=1S/C23H25FN4OS/c1-15-13-19(16(2)28(15)18-8-6-7-17(24)14-18)22-21(20-9-4-5-10-25-20)26-23(30)27(22)11-12-29-3/h4-10,13-14,21-22H,11-12H2,1-3H3,(H,26,30)/t21-,22-/m0/s1. The zero-order valence-corrected chi connectivity index (χ0v) is 18.1. The molecule has 1 N–H and O–H groups in total. The number of benzene rings is 1. The number of thiocarbonyl (C=S) groups is 1. The summed E-state index contributed by atoms with van der Waals surface area (Å²) < 4.78 is 21.3. The third kappa shape index (κ3) is 3.70. The van der Waals surface area contributed by atoms with Crippen molar-refractivity contribution < 1.29 is 9.13 Å². The molecule has 0 saturated carbocycles. The molecule has 0 bridgehead atoms. The molecule has 2 aromatic heterocycles. The van der Waals surface area contributed by atoms with E-state index in [1.165, 1.54) is 6.07 Å². The zero-order chi connectivity index (χ0) is 21.3. The van der Waals surface area contributed by atoms with Gasteiger partial charge in [-0.05, 0) is 68.0 Å². The molecule has 3 heterocycles. The molecule has 156 valence electrons. The number of nitrogens with zero attached hydrogens (tertiary/aromatic N) is 3. The lowest BCUT2D eigenvalue weighted by Crippen LogP contribution is -2.32. The Hall–Kier alpha value is -2.77. The van der Waals surface area contributed by atoms with Crippen molar-refractivity contribution >= 4 is 17.3 Å². The summed E-state index contributed by atoms with van der Waals surface area (Å²) in [5, 5.41) is 4.14. The summed E-state index contributed by atoms with van der Waals surface area (Å²) in [7, 11) is 1.69. The van der Waals surface area contributed by atoms with Crippen molar-refractivity contribution in [3.05, 3.63) is 83.2 Å². The van der Waals surface area contributed by atoms with E-state index < -0.39 is 0 Å². The Labute approximate surface area is 181 Å². The molecule has 5 nitrogen and oxygen atoms in total. The van der Waals surface area contributed by atoms with Gasteiger partial charge in [-0.15, -0.1) is 0 Å². The van der Waals surface area contributed by atoms with Gasteiger partial charge in [0.2, 0.25) is 0 Å². The van der Waals surface area contributed by atoms with E-state index in [0.717, 1.165) is 28.3 Å². The van der Waals surface area contributed by atoms with Crippen LogP contribution in [0.3, 0.4) is 0 Å². The molecule has 0 aliphatic carbocycles. The fraction of sp³-hybridized carbons (Fsp3) is 0.304. The van der Waals surface area contributed by atoms with Crippen LogP contribution in [0, 0.1) is 19.7 Å². The number of nitrogens with one attached hydrogen (secondary N) is 1. The molecule has 0 unspecified atom stereocenters. The van der Waals surface area contributed by atoms with Crippen LogP contribution >= 0.6 is 12.2 Å². The molecular formula is C23H25FN4OS. The zero-order valence-electron chi connectivity index (χ0n) is 17.3. The lowest BCUT2D eigenvalue weighted by atomic mass is 9.97. The first-order valence-electron chi connectivity index (χ1n) is 9.93. The molecule has 1 saturated heterocycles. The van der Waals surface area contributed by atoms with Crippen molar-refractivity contribution in [3.63, 3.8) is 0 Å². The molecular weight excluding hydrogens is 399 g/mol. The SMILES string of the molecule is COCCN1C(=S)N[C@@H](c2ccccn2)[C@@H]1c1cc(C)n(-c2cccc(F)c2)c1C. The lowest BCUT2D eigenvalue weighted by Gasteiger charge is -2.28. The van der Waals surface area contributed by atoms with Gasteiger partial charge in [0.25, 0.3) is 0 Å². The Morgan fingerprint density at radius 1 is 1.17 bits per heavy atom. The van der Waals surface area contributed by atoms with E-state index in [1.54, 1.807) is 25.4 Å². The van der Waals surface area contributed by atoms with E-state index in [9.17, 15) is 4.39 Å². The number of halogens is 1. The number of hydrogen-bond donors (Lipinski definition) is 1. The minimum absolute atomic E-state index is 0.0453. The Bertz CT molecular complexity index is 1050. The molecule has 2 atom stereocenters. The highest BCUT2D eigenvalue weighted by molar-refractivity contribution is 7.80. The van der Waals surface area contributed by atoms with Crippen LogP contribution in [0.4, 0.5) is 4.39 Å². The molecule has 1 aromatic carbocycles. The smallest absolute Gasteiger partial charge is 0.170 e. The first kappa shape index (κ1) is 20.5. The molecule has 0 radical (unpaired) electrons. The fourth-order valence-electron chi connectivity index (χ4n) is 4.27. The molecule has 4 rings (SSSR count). The van der Waals surface area contributed by atoms with Crippen molar-refractivity contribution in [1.82, 2.24) is 19.8 Å².